The first-order valence-electron chi connectivity index (χ1n) is 7.35. The number of benzene rings is 2. The van der Waals surface area contributed by atoms with Crippen LogP contribution in [0.5, 0.6) is 0 Å². The molecule has 2 aromatic carbocycles. The van der Waals surface area contributed by atoms with E-state index in [9.17, 15) is 0 Å². The number of nitrogens with zero attached hydrogens (tertiary/aromatic N) is 2. The van der Waals surface area contributed by atoms with Gasteiger partial charge < -0.3 is 0 Å². The molecule has 0 N–H and O–H groups in total. The van der Waals surface area contributed by atoms with Crippen LogP contribution in [0.15, 0.2) is 76.9 Å². The number of aryl methyl sites for hydroxylation is 1. The van der Waals surface area contributed by atoms with Crippen molar-refractivity contribution in [3.05, 3.63) is 71.9 Å². The summed E-state index contributed by atoms with van der Waals surface area (Å²) in [4.78, 5) is 12.6. The summed E-state index contributed by atoms with van der Waals surface area (Å²) in [5, 5.41) is 2.18. The van der Waals surface area contributed by atoms with E-state index in [-0.39, 0.29) is 0 Å². The van der Waals surface area contributed by atoms with Gasteiger partial charge in [-0.05, 0) is 24.6 Å². The van der Waals surface area contributed by atoms with Gasteiger partial charge in [-0.2, -0.15) is 0 Å². The minimum absolute atomic E-state index is 1.02. The van der Waals surface area contributed by atoms with Gasteiger partial charge in [0, 0.05) is 15.3 Å². The normalized spacial score (nSPS) is 11.0. The van der Waals surface area contributed by atoms with E-state index in [0.29, 0.717) is 0 Å². The quantitative estimate of drug-likeness (QED) is 0.442. The maximum absolute atomic E-state index is 4.56. The Hall–Kier alpha value is -2.17. The lowest BCUT2D eigenvalue weighted by Gasteiger charge is -2.06. The summed E-state index contributed by atoms with van der Waals surface area (Å²) in [5.41, 5.74) is 2.48. The van der Waals surface area contributed by atoms with E-state index >= 15 is 0 Å². The van der Waals surface area contributed by atoms with Gasteiger partial charge in [-0.25, -0.2) is 9.97 Å². The minimum atomic E-state index is 1.02. The van der Waals surface area contributed by atoms with Crippen LogP contribution in [0.4, 0.5) is 0 Å². The number of fused-ring (bicyclic) bond motifs is 1. The Morgan fingerprint density at radius 3 is 2.30 bits per heavy atom. The second-order valence-corrected chi connectivity index (χ2v) is 7.44. The van der Waals surface area contributed by atoms with Crippen molar-refractivity contribution in [2.75, 3.05) is 0 Å². The third-order valence-electron chi connectivity index (χ3n) is 3.65. The average Bonchev–Trinajstić information content (AvgIpc) is 2.93. The third-order valence-corrected chi connectivity index (χ3v) is 5.67. The van der Waals surface area contributed by atoms with Crippen LogP contribution < -0.4 is 0 Å². The Bertz CT molecular complexity index is 947. The van der Waals surface area contributed by atoms with Crippen LogP contribution in [-0.2, 0) is 0 Å². The number of rotatable bonds is 3. The molecule has 0 saturated carbocycles. The van der Waals surface area contributed by atoms with Crippen molar-refractivity contribution in [2.24, 2.45) is 0 Å². The van der Waals surface area contributed by atoms with Crippen molar-refractivity contribution in [1.29, 1.82) is 0 Å². The fraction of sp³-hybridized carbons (Fsp3) is 0.0526. The molecule has 2 nitrogen and oxygen atoms in total. The fourth-order valence-corrected chi connectivity index (χ4v) is 4.64. The molecule has 0 unspecified atom stereocenters. The van der Waals surface area contributed by atoms with E-state index in [1.807, 2.05) is 12.1 Å². The van der Waals surface area contributed by atoms with Crippen LogP contribution in [0, 0.1) is 6.92 Å². The molecule has 0 bridgehead atoms. The average molecular weight is 334 g/mol. The van der Waals surface area contributed by atoms with Gasteiger partial charge in [0.15, 0.2) is 0 Å². The summed E-state index contributed by atoms with van der Waals surface area (Å²) >= 11 is 3.43. The molecule has 2 heterocycles. The van der Waals surface area contributed by atoms with Crippen molar-refractivity contribution in [2.45, 2.75) is 16.8 Å². The van der Waals surface area contributed by atoms with Crippen molar-refractivity contribution in [3.8, 4) is 11.1 Å². The molecule has 0 radical (unpaired) electrons. The molecule has 0 aliphatic carbocycles. The highest BCUT2D eigenvalue weighted by atomic mass is 32.2. The molecule has 0 amide bonds. The van der Waals surface area contributed by atoms with E-state index in [1.165, 1.54) is 20.9 Å². The lowest BCUT2D eigenvalue weighted by molar-refractivity contribution is 1.11. The SMILES string of the molecule is Cc1sc2ncnc(Sc3ccccc3)c2c1-c1ccccc1. The first-order valence-corrected chi connectivity index (χ1v) is 8.98. The molecule has 23 heavy (non-hydrogen) atoms. The largest absolute Gasteiger partial charge is 0.229 e. The molecule has 0 spiro atoms. The molecule has 0 aliphatic rings. The lowest BCUT2D eigenvalue weighted by atomic mass is 10.0. The van der Waals surface area contributed by atoms with Gasteiger partial charge in [0.25, 0.3) is 0 Å². The lowest BCUT2D eigenvalue weighted by Crippen LogP contribution is -1.86. The number of aromatic nitrogens is 2. The van der Waals surface area contributed by atoms with Gasteiger partial charge in [-0.3, -0.25) is 0 Å². The molecule has 4 rings (SSSR count). The predicted molar refractivity (Wildman–Crippen MR) is 98.2 cm³/mol. The van der Waals surface area contributed by atoms with Crippen molar-refractivity contribution in [1.82, 2.24) is 9.97 Å². The Morgan fingerprint density at radius 1 is 0.870 bits per heavy atom. The zero-order chi connectivity index (χ0) is 15.6. The number of thiophene rings is 1. The Morgan fingerprint density at radius 2 is 1.57 bits per heavy atom. The van der Waals surface area contributed by atoms with E-state index in [2.05, 4.69) is 65.4 Å². The van der Waals surface area contributed by atoms with E-state index in [0.717, 1.165) is 15.2 Å². The van der Waals surface area contributed by atoms with Crippen molar-refractivity contribution in [3.63, 3.8) is 0 Å². The molecule has 4 aromatic rings. The van der Waals surface area contributed by atoms with Crippen LogP contribution in [0.2, 0.25) is 0 Å². The summed E-state index contributed by atoms with van der Waals surface area (Å²) in [6, 6.07) is 20.9. The predicted octanol–water partition coefficient (Wildman–Crippen LogP) is 5.82. The highest BCUT2D eigenvalue weighted by Gasteiger charge is 2.17. The Balaban J connectivity index is 1.92. The Kier molecular flexibility index (Phi) is 3.85. The fourth-order valence-electron chi connectivity index (χ4n) is 2.65. The van der Waals surface area contributed by atoms with Crippen LogP contribution in [0.1, 0.15) is 4.88 Å². The first kappa shape index (κ1) is 14.4. The molecule has 0 aliphatic heterocycles. The molecular formula is C19H14N2S2. The van der Waals surface area contributed by atoms with E-state index < -0.39 is 0 Å². The molecule has 0 fully saturated rings. The van der Waals surface area contributed by atoms with Gasteiger partial charge in [0.05, 0.1) is 5.39 Å². The summed E-state index contributed by atoms with van der Waals surface area (Å²) in [6.45, 7) is 2.16. The topological polar surface area (TPSA) is 25.8 Å². The van der Waals surface area contributed by atoms with Crippen LogP contribution in [0.25, 0.3) is 21.3 Å². The highest BCUT2D eigenvalue weighted by molar-refractivity contribution is 7.99. The summed E-state index contributed by atoms with van der Waals surface area (Å²) in [6.07, 6.45) is 1.66. The smallest absolute Gasteiger partial charge is 0.128 e. The van der Waals surface area contributed by atoms with Crippen LogP contribution in [-0.4, -0.2) is 9.97 Å². The highest BCUT2D eigenvalue weighted by Crippen LogP contribution is 2.42. The Labute approximate surface area is 143 Å². The van der Waals surface area contributed by atoms with Crippen LogP contribution in [0.3, 0.4) is 0 Å². The molecular weight excluding hydrogens is 320 g/mol. The van der Waals surface area contributed by atoms with E-state index in [4.69, 9.17) is 0 Å². The van der Waals surface area contributed by atoms with Gasteiger partial charge in [-0.1, -0.05) is 60.3 Å². The zero-order valence-electron chi connectivity index (χ0n) is 12.6. The number of hydrogen-bond donors (Lipinski definition) is 0. The maximum Gasteiger partial charge on any atom is 0.128 e. The van der Waals surface area contributed by atoms with E-state index in [1.54, 1.807) is 29.4 Å². The second kappa shape index (κ2) is 6.14. The van der Waals surface area contributed by atoms with Crippen LogP contribution >= 0.6 is 23.1 Å². The zero-order valence-corrected chi connectivity index (χ0v) is 14.2. The van der Waals surface area contributed by atoms with Gasteiger partial charge in [0.2, 0.25) is 0 Å². The standard InChI is InChI=1S/C19H14N2S2/c1-13-16(14-8-4-2-5-9-14)17-18(22-13)20-12-21-19(17)23-15-10-6-3-7-11-15/h2-12H,1H3. The second-order valence-electron chi connectivity index (χ2n) is 5.17. The van der Waals surface area contributed by atoms with Gasteiger partial charge in [-0.15, -0.1) is 11.3 Å². The molecule has 0 atom stereocenters. The molecule has 2 aromatic heterocycles. The minimum Gasteiger partial charge on any atom is -0.229 e. The molecule has 0 saturated heterocycles. The monoisotopic (exact) mass is 334 g/mol. The summed E-state index contributed by atoms with van der Waals surface area (Å²) in [5.74, 6) is 0. The first-order chi connectivity index (χ1) is 11.3. The molecule has 4 heteroatoms. The molecule has 112 valence electrons. The summed E-state index contributed by atoms with van der Waals surface area (Å²) in [7, 11) is 0. The van der Waals surface area contributed by atoms with Crippen molar-refractivity contribution < 1.29 is 0 Å². The maximum atomic E-state index is 4.56. The summed E-state index contributed by atoms with van der Waals surface area (Å²) < 4.78 is 0. The third kappa shape index (κ3) is 2.76. The van der Waals surface area contributed by atoms with Gasteiger partial charge in [0.1, 0.15) is 16.2 Å². The van der Waals surface area contributed by atoms with Crippen molar-refractivity contribution >= 4 is 33.3 Å². The van der Waals surface area contributed by atoms with Gasteiger partial charge >= 0.3 is 0 Å². The number of hydrogen-bond acceptors (Lipinski definition) is 4.